The lowest BCUT2D eigenvalue weighted by atomic mass is 10.1. The first-order valence-corrected chi connectivity index (χ1v) is 12.9. The number of carbonyl (C=O) groups excluding carboxylic acids is 1. The van der Waals surface area contributed by atoms with Gasteiger partial charge in [-0.1, -0.05) is 0 Å². The van der Waals surface area contributed by atoms with Crippen LogP contribution in [0.15, 0.2) is 23.3 Å². The number of hydrogen-bond donors (Lipinski definition) is 2. The molecule has 0 bridgehead atoms. The molecule has 0 radical (unpaired) electrons. The summed E-state index contributed by atoms with van der Waals surface area (Å²) in [5, 5.41) is 7.86. The van der Waals surface area contributed by atoms with Crippen molar-refractivity contribution in [2.75, 3.05) is 49.7 Å². The number of alkyl halides is 3. The van der Waals surface area contributed by atoms with Crippen LogP contribution in [0.1, 0.15) is 49.7 Å². The van der Waals surface area contributed by atoms with Crippen molar-refractivity contribution in [1.82, 2.24) is 20.1 Å². The van der Waals surface area contributed by atoms with Crippen molar-refractivity contribution in [3.8, 4) is 5.75 Å². The normalized spacial score (nSPS) is 20.2. The molecule has 0 unspecified atom stereocenters. The maximum Gasteiger partial charge on any atom is 0.423 e. The molecule has 206 valence electrons. The maximum atomic E-state index is 13.2. The number of ether oxygens (including phenoxy) is 2. The van der Waals surface area contributed by atoms with E-state index >= 15 is 0 Å². The molecular weight excluding hydrogens is 505 g/mol. The van der Waals surface area contributed by atoms with E-state index in [0.29, 0.717) is 32.2 Å². The van der Waals surface area contributed by atoms with E-state index in [9.17, 15) is 22.8 Å². The van der Waals surface area contributed by atoms with Crippen molar-refractivity contribution in [3.63, 3.8) is 0 Å². The van der Waals surface area contributed by atoms with E-state index in [1.807, 2.05) is 11.1 Å². The van der Waals surface area contributed by atoms with Gasteiger partial charge in [-0.2, -0.15) is 18.3 Å². The van der Waals surface area contributed by atoms with Gasteiger partial charge in [-0.05, 0) is 37.3 Å². The molecule has 13 heteroatoms. The van der Waals surface area contributed by atoms with Crippen molar-refractivity contribution in [1.29, 1.82) is 0 Å². The van der Waals surface area contributed by atoms with Crippen LogP contribution in [0.25, 0.3) is 0 Å². The summed E-state index contributed by atoms with van der Waals surface area (Å²) in [7, 11) is 0. The molecule has 2 aromatic heterocycles. The molecule has 1 saturated heterocycles. The zero-order chi connectivity index (χ0) is 26.9. The number of pyridine rings is 1. The topological polar surface area (TPSA) is 113 Å². The SMILES string of the molecule is C[C@@H](COCCC(=O)N1CCN2c3ncc(C4CC4)cc3OCC[C@@H]2C1)Nc1cn[nH]c(=O)c1C(F)(F)F. The van der Waals surface area contributed by atoms with E-state index < -0.39 is 29.0 Å². The van der Waals surface area contributed by atoms with E-state index in [2.05, 4.69) is 21.4 Å². The van der Waals surface area contributed by atoms with Crippen molar-refractivity contribution in [2.45, 2.75) is 56.8 Å². The van der Waals surface area contributed by atoms with E-state index in [-0.39, 0.29) is 31.6 Å². The number of rotatable bonds is 8. The number of hydrogen-bond acceptors (Lipinski definition) is 8. The number of amides is 1. The van der Waals surface area contributed by atoms with Gasteiger partial charge in [0.15, 0.2) is 11.6 Å². The van der Waals surface area contributed by atoms with Crippen LogP contribution < -0.4 is 20.5 Å². The lowest BCUT2D eigenvalue weighted by molar-refractivity contribution is -0.138. The summed E-state index contributed by atoms with van der Waals surface area (Å²) in [5.41, 5.74) is -1.84. The molecule has 2 atom stereocenters. The molecule has 5 rings (SSSR count). The number of fused-ring (bicyclic) bond motifs is 3. The molecule has 2 fully saturated rings. The number of halogens is 3. The Bertz CT molecular complexity index is 1220. The number of aromatic amines is 1. The Morgan fingerprint density at radius 2 is 2.11 bits per heavy atom. The summed E-state index contributed by atoms with van der Waals surface area (Å²) in [6.07, 6.45) is 1.40. The molecule has 0 aromatic carbocycles. The smallest absolute Gasteiger partial charge is 0.423 e. The largest absolute Gasteiger partial charge is 0.490 e. The first kappa shape index (κ1) is 26.3. The van der Waals surface area contributed by atoms with E-state index in [1.54, 1.807) is 12.0 Å². The highest BCUT2D eigenvalue weighted by Crippen LogP contribution is 2.43. The van der Waals surface area contributed by atoms with Gasteiger partial charge in [-0.15, -0.1) is 0 Å². The molecule has 1 amide bonds. The molecule has 4 heterocycles. The fraction of sp³-hybridized carbons (Fsp3) is 0.600. The van der Waals surface area contributed by atoms with E-state index in [0.717, 1.165) is 24.2 Å². The van der Waals surface area contributed by atoms with Crippen LogP contribution in [-0.2, 0) is 15.7 Å². The van der Waals surface area contributed by atoms with Gasteiger partial charge < -0.3 is 24.6 Å². The van der Waals surface area contributed by atoms with Crippen LogP contribution in [0, 0.1) is 0 Å². The summed E-state index contributed by atoms with van der Waals surface area (Å²) < 4.78 is 51.2. The average Bonchev–Trinajstić information content (AvgIpc) is 3.72. The third-order valence-corrected chi connectivity index (χ3v) is 7.09. The van der Waals surface area contributed by atoms with Gasteiger partial charge in [0, 0.05) is 38.3 Å². The second-order valence-electron chi connectivity index (χ2n) is 10.0. The molecule has 1 aliphatic carbocycles. The highest BCUT2D eigenvalue weighted by Gasteiger charge is 2.38. The Balaban J connectivity index is 1.09. The minimum Gasteiger partial charge on any atom is -0.490 e. The van der Waals surface area contributed by atoms with Crippen LogP contribution in [0.2, 0.25) is 0 Å². The predicted molar refractivity (Wildman–Crippen MR) is 132 cm³/mol. The number of H-pyrrole nitrogens is 1. The lowest BCUT2D eigenvalue weighted by Crippen LogP contribution is -2.55. The second kappa shape index (κ2) is 10.8. The van der Waals surface area contributed by atoms with Crippen molar-refractivity contribution in [2.24, 2.45) is 0 Å². The van der Waals surface area contributed by atoms with Crippen molar-refractivity contribution >= 4 is 17.4 Å². The monoisotopic (exact) mass is 536 g/mol. The van der Waals surface area contributed by atoms with Crippen LogP contribution in [-0.4, -0.2) is 77.5 Å². The van der Waals surface area contributed by atoms with Crippen LogP contribution in [0.3, 0.4) is 0 Å². The summed E-state index contributed by atoms with van der Waals surface area (Å²) in [6.45, 7) is 4.17. The lowest BCUT2D eigenvalue weighted by Gasteiger charge is -2.41. The molecule has 3 aliphatic rings. The standard InChI is InChI=1S/C25H31F3N6O4/c1-15(31-19-12-30-32-24(36)22(19)25(26,27)28)14-37-8-5-21(35)33-6-7-34-18(13-33)4-9-38-20-10-17(16-2-3-16)11-29-23(20)34/h10-12,15-16,18H,2-9,13-14H2,1H3,(H2,31,32,36)/t15-,18+/m0/s1. The predicted octanol–water partition coefficient (Wildman–Crippen LogP) is 2.77. The van der Waals surface area contributed by atoms with Crippen molar-refractivity contribution < 1.29 is 27.4 Å². The van der Waals surface area contributed by atoms with Crippen molar-refractivity contribution in [3.05, 3.63) is 39.9 Å². The summed E-state index contributed by atoms with van der Waals surface area (Å²) >= 11 is 0. The van der Waals surface area contributed by atoms with Crippen LogP contribution in [0.5, 0.6) is 5.75 Å². The molecule has 2 aliphatic heterocycles. The minimum atomic E-state index is -4.82. The molecule has 10 nitrogen and oxygen atoms in total. The fourth-order valence-corrected chi connectivity index (χ4v) is 5.00. The highest BCUT2D eigenvalue weighted by atomic mass is 19.4. The average molecular weight is 537 g/mol. The molecule has 2 aromatic rings. The molecule has 1 saturated carbocycles. The number of aromatic nitrogens is 3. The fourth-order valence-electron chi connectivity index (χ4n) is 5.00. The molecule has 0 spiro atoms. The third-order valence-electron chi connectivity index (χ3n) is 7.09. The van der Waals surface area contributed by atoms with Gasteiger partial charge in [0.1, 0.15) is 5.56 Å². The Labute approximate surface area is 217 Å². The minimum absolute atomic E-state index is 0.0363. The first-order valence-electron chi connectivity index (χ1n) is 12.9. The third kappa shape index (κ3) is 5.87. The zero-order valence-electron chi connectivity index (χ0n) is 21.1. The summed E-state index contributed by atoms with van der Waals surface area (Å²) in [4.78, 5) is 33.2. The Morgan fingerprint density at radius 1 is 1.29 bits per heavy atom. The quantitative estimate of drug-likeness (QED) is 0.496. The summed E-state index contributed by atoms with van der Waals surface area (Å²) in [6, 6.07) is 1.68. The van der Waals surface area contributed by atoms with Crippen LogP contribution in [0.4, 0.5) is 24.7 Å². The number of anilines is 2. The maximum absolute atomic E-state index is 13.2. The number of piperazine rings is 1. The molecule has 38 heavy (non-hydrogen) atoms. The number of nitrogens with one attached hydrogen (secondary N) is 2. The Kier molecular flexibility index (Phi) is 7.46. The van der Waals surface area contributed by atoms with E-state index in [1.165, 1.54) is 18.4 Å². The van der Waals surface area contributed by atoms with E-state index in [4.69, 9.17) is 14.5 Å². The molecular formula is C25H31F3N6O4. The van der Waals surface area contributed by atoms with Crippen LogP contribution >= 0.6 is 0 Å². The van der Waals surface area contributed by atoms with Gasteiger partial charge >= 0.3 is 6.18 Å². The second-order valence-corrected chi connectivity index (χ2v) is 10.0. The summed E-state index contributed by atoms with van der Waals surface area (Å²) in [5.74, 6) is 2.23. The number of nitrogens with zero attached hydrogens (tertiary/aromatic N) is 4. The van der Waals surface area contributed by atoms with Gasteiger partial charge in [0.25, 0.3) is 5.56 Å². The van der Waals surface area contributed by atoms with Gasteiger partial charge in [0.05, 0.1) is 44.2 Å². The molecule has 2 N–H and O–H groups in total. The first-order chi connectivity index (χ1) is 18.2. The van der Waals surface area contributed by atoms with Gasteiger partial charge in [0.2, 0.25) is 5.91 Å². The number of carbonyl (C=O) groups is 1. The Morgan fingerprint density at radius 3 is 2.87 bits per heavy atom. The van der Waals surface area contributed by atoms with Gasteiger partial charge in [-0.3, -0.25) is 9.59 Å². The highest BCUT2D eigenvalue weighted by molar-refractivity contribution is 5.76. The Hall–Kier alpha value is -3.35. The van der Waals surface area contributed by atoms with Gasteiger partial charge in [-0.25, -0.2) is 10.1 Å². The zero-order valence-corrected chi connectivity index (χ0v) is 21.1.